The molecule has 1 aromatic heterocycles. The van der Waals surface area contributed by atoms with E-state index in [9.17, 15) is 14.4 Å². The zero-order valence-electron chi connectivity index (χ0n) is 13.8. The summed E-state index contributed by atoms with van der Waals surface area (Å²) < 4.78 is 0.817. The monoisotopic (exact) mass is 366 g/mol. The molecule has 2 heterocycles. The summed E-state index contributed by atoms with van der Waals surface area (Å²) >= 11 is 1.32. The van der Waals surface area contributed by atoms with E-state index >= 15 is 0 Å². The molecule has 2 N–H and O–H groups in total. The summed E-state index contributed by atoms with van der Waals surface area (Å²) in [4.78, 5) is 42.1. The van der Waals surface area contributed by atoms with Crippen molar-refractivity contribution < 1.29 is 14.4 Å². The first kappa shape index (κ1) is 16.2. The molecule has 2 aromatic carbocycles. The molecule has 0 radical (unpaired) electrons. The van der Waals surface area contributed by atoms with Crippen LogP contribution in [-0.4, -0.2) is 29.3 Å². The lowest BCUT2D eigenvalue weighted by Crippen LogP contribution is -2.34. The number of para-hydroxylation sites is 1. The molecule has 0 bridgehead atoms. The van der Waals surface area contributed by atoms with Crippen molar-refractivity contribution in [1.29, 1.82) is 0 Å². The van der Waals surface area contributed by atoms with Crippen molar-refractivity contribution in [2.75, 3.05) is 22.1 Å². The zero-order valence-corrected chi connectivity index (χ0v) is 14.6. The minimum absolute atomic E-state index is 0.0730. The molecule has 8 heteroatoms. The number of anilines is 3. The molecular formula is C18H14N4O3S. The van der Waals surface area contributed by atoms with E-state index < -0.39 is 0 Å². The van der Waals surface area contributed by atoms with E-state index in [2.05, 4.69) is 15.6 Å². The van der Waals surface area contributed by atoms with Crippen molar-refractivity contribution in [3.05, 3.63) is 48.0 Å². The average Bonchev–Trinajstić information content (AvgIpc) is 2.94. The summed E-state index contributed by atoms with van der Waals surface area (Å²) in [7, 11) is 0. The van der Waals surface area contributed by atoms with E-state index in [0.717, 1.165) is 10.2 Å². The summed E-state index contributed by atoms with van der Waals surface area (Å²) in [5.74, 6) is -0.697. The summed E-state index contributed by atoms with van der Waals surface area (Å²) in [6.45, 7) is 1.35. The first-order chi connectivity index (χ1) is 12.5. The second-order valence-corrected chi connectivity index (χ2v) is 6.87. The Balaban J connectivity index is 1.75. The highest BCUT2D eigenvalue weighted by atomic mass is 32.1. The maximum atomic E-state index is 12.9. The number of aromatic nitrogens is 1. The second-order valence-electron chi connectivity index (χ2n) is 5.84. The highest BCUT2D eigenvalue weighted by Gasteiger charge is 2.27. The first-order valence-electron chi connectivity index (χ1n) is 7.90. The molecule has 3 amide bonds. The lowest BCUT2D eigenvalue weighted by molar-refractivity contribution is -0.115. The van der Waals surface area contributed by atoms with Crippen molar-refractivity contribution in [3.63, 3.8) is 0 Å². The lowest BCUT2D eigenvalue weighted by Gasteiger charge is -2.19. The summed E-state index contributed by atoms with van der Waals surface area (Å²) in [5, 5.41) is 5.91. The Morgan fingerprint density at radius 2 is 2.04 bits per heavy atom. The normalized spacial score (nSPS) is 14.0. The van der Waals surface area contributed by atoms with Crippen LogP contribution in [0.4, 0.5) is 16.5 Å². The van der Waals surface area contributed by atoms with Gasteiger partial charge in [0.05, 0.1) is 21.5 Å². The van der Waals surface area contributed by atoms with Gasteiger partial charge in [-0.3, -0.25) is 19.3 Å². The van der Waals surface area contributed by atoms with Crippen molar-refractivity contribution >= 4 is 55.8 Å². The summed E-state index contributed by atoms with van der Waals surface area (Å²) in [6, 6.07) is 12.3. The predicted molar refractivity (Wildman–Crippen MR) is 101 cm³/mol. The number of nitrogens with one attached hydrogen (secondary N) is 2. The van der Waals surface area contributed by atoms with E-state index in [1.54, 1.807) is 42.5 Å². The Morgan fingerprint density at radius 3 is 2.85 bits per heavy atom. The quantitative estimate of drug-likeness (QED) is 0.730. The molecule has 1 aliphatic rings. The van der Waals surface area contributed by atoms with Gasteiger partial charge in [0, 0.05) is 12.6 Å². The van der Waals surface area contributed by atoms with Gasteiger partial charge in [-0.2, -0.15) is 0 Å². The van der Waals surface area contributed by atoms with Crippen molar-refractivity contribution in [2.45, 2.75) is 6.92 Å². The fourth-order valence-corrected chi connectivity index (χ4v) is 3.77. The van der Waals surface area contributed by atoms with E-state index in [0.29, 0.717) is 22.1 Å². The standard InChI is InChI=1S/C18H14N4O3S/c1-10(23)19-18-21-14-7-6-11(8-15(14)26-18)22-9-16(24)20-13-5-3-2-4-12(13)17(22)25/h2-8H,9H2,1H3,(H,20,24)(H,19,21,23). The Hall–Kier alpha value is -3.26. The van der Waals surface area contributed by atoms with Gasteiger partial charge in [0.1, 0.15) is 6.54 Å². The average molecular weight is 366 g/mol. The third kappa shape index (κ3) is 2.91. The van der Waals surface area contributed by atoms with Gasteiger partial charge in [0.25, 0.3) is 5.91 Å². The summed E-state index contributed by atoms with van der Waals surface area (Å²) in [5.41, 5.74) is 2.28. The maximum absolute atomic E-state index is 12.9. The van der Waals surface area contributed by atoms with E-state index in [-0.39, 0.29) is 24.3 Å². The van der Waals surface area contributed by atoms with Crippen LogP contribution in [0.3, 0.4) is 0 Å². The van der Waals surface area contributed by atoms with Crippen molar-refractivity contribution in [3.8, 4) is 0 Å². The molecule has 7 nitrogen and oxygen atoms in total. The van der Waals surface area contributed by atoms with Crippen LogP contribution in [0.25, 0.3) is 10.2 Å². The van der Waals surface area contributed by atoms with Gasteiger partial charge in [0.15, 0.2) is 5.13 Å². The second kappa shape index (κ2) is 6.23. The lowest BCUT2D eigenvalue weighted by atomic mass is 10.1. The Morgan fingerprint density at radius 1 is 1.23 bits per heavy atom. The van der Waals surface area contributed by atoms with Gasteiger partial charge in [-0.1, -0.05) is 23.5 Å². The highest BCUT2D eigenvalue weighted by molar-refractivity contribution is 7.22. The molecule has 1 aliphatic heterocycles. The van der Waals surface area contributed by atoms with Gasteiger partial charge in [-0.25, -0.2) is 4.98 Å². The van der Waals surface area contributed by atoms with Crippen LogP contribution >= 0.6 is 11.3 Å². The number of carbonyl (C=O) groups excluding carboxylic acids is 3. The van der Waals surface area contributed by atoms with Gasteiger partial charge >= 0.3 is 0 Å². The number of thiazole rings is 1. The molecule has 0 aliphatic carbocycles. The molecule has 26 heavy (non-hydrogen) atoms. The van der Waals surface area contributed by atoms with Crippen LogP contribution in [0.5, 0.6) is 0 Å². The number of carbonyl (C=O) groups is 3. The molecule has 0 saturated heterocycles. The van der Waals surface area contributed by atoms with Crippen LogP contribution in [0.2, 0.25) is 0 Å². The largest absolute Gasteiger partial charge is 0.324 e. The molecule has 0 spiro atoms. The maximum Gasteiger partial charge on any atom is 0.260 e. The van der Waals surface area contributed by atoms with Gasteiger partial charge < -0.3 is 10.6 Å². The van der Waals surface area contributed by atoms with Gasteiger partial charge in [-0.15, -0.1) is 0 Å². The number of benzene rings is 2. The van der Waals surface area contributed by atoms with Gasteiger partial charge in [-0.05, 0) is 30.3 Å². The smallest absolute Gasteiger partial charge is 0.260 e. The topological polar surface area (TPSA) is 91.4 Å². The molecule has 130 valence electrons. The number of nitrogens with zero attached hydrogens (tertiary/aromatic N) is 2. The Labute approximate surface area is 152 Å². The molecule has 0 saturated carbocycles. The van der Waals surface area contributed by atoms with Crippen LogP contribution in [0, 0.1) is 0 Å². The molecule has 0 unspecified atom stereocenters. The number of amides is 3. The van der Waals surface area contributed by atoms with Crippen LogP contribution in [0.15, 0.2) is 42.5 Å². The van der Waals surface area contributed by atoms with Crippen molar-refractivity contribution in [2.24, 2.45) is 0 Å². The van der Waals surface area contributed by atoms with E-state index in [4.69, 9.17) is 0 Å². The molecule has 0 atom stereocenters. The molecule has 0 fully saturated rings. The zero-order chi connectivity index (χ0) is 18.3. The number of fused-ring (bicyclic) bond motifs is 2. The Kier molecular flexibility index (Phi) is 3.89. The number of hydrogen-bond acceptors (Lipinski definition) is 5. The van der Waals surface area contributed by atoms with E-state index in [1.807, 2.05) is 0 Å². The molecule has 4 rings (SSSR count). The van der Waals surface area contributed by atoms with Crippen LogP contribution in [-0.2, 0) is 9.59 Å². The number of rotatable bonds is 2. The van der Waals surface area contributed by atoms with Gasteiger partial charge in [0.2, 0.25) is 11.8 Å². The minimum atomic E-state index is -0.258. The SMILES string of the molecule is CC(=O)Nc1nc2ccc(N3CC(=O)Nc4ccccc4C3=O)cc2s1. The first-order valence-corrected chi connectivity index (χ1v) is 8.72. The highest BCUT2D eigenvalue weighted by Crippen LogP contribution is 2.31. The fourth-order valence-electron chi connectivity index (χ4n) is 2.82. The third-order valence-electron chi connectivity index (χ3n) is 3.95. The fraction of sp³-hybridized carbons (Fsp3) is 0.111. The van der Waals surface area contributed by atoms with E-state index in [1.165, 1.54) is 23.2 Å². The number of hydrogen-bond donors (Lipinski definition) is 2. The third-order valence-corrected chi connectivity index (χ3v) is 4.88. The van der Waals surface area contributed by atoms with Crippen molar-refractivity contribution in [1.82, 2.24) is 4.98 Å². The summed E-state index contributed by atoms with van der Waals surface area (Å²) in [6.07, 6.45) is 0. The molecule has 3 aromatic rings. The van der Waals surface area contributed by atoms with Crippen LogP contribution in [0.1, 0.15) is 17.3 Å². The minimum Gasteiger partial charge on any atom is -0.324 e. The predicted octanol–water partition coefficient (Wildman–Crippen LogP) is 2.85. The Bertz CT molecular complexity index is 1060. The van der Waals surface area contributed by atoms with Crippen LogP contribution < -0.4 is 15.5 Å². The molecular weight excluding hydrogens is 352 g/mol.